The van der Waals surface area contributed by atoms with Crippen molar-refractivity contribution in [1.82, 2.24) is 5.32 Å². The third-order valence-corrected chi connectivity index (χ3v) is 3.74. The molecule has 0 bridgehead atoms. The molecule has 2 rings (SSSR count). The smallest absolute Gasteiger partial charge is 0.188 e. The first kappa shape index (κ1) is 18.1. The number of nitrogens with one attached hydrogen (secondary N) is 1. The van der Waals surface area contributed by atoms with Crippen LogP contribution in [0.5, 0.6) is 5.75 Å². The van der Waals surface area contributed by atoms with E-state index in [-0.39, 0.29) is 30.1 Å². The lowest BCUT2D eigenvalue weighted by atomic mass is 9.85. The summed E-state index contributed by atoms with van der Waals surface area (Å²) in [5.41, 5.74) is 6.99. The highest BCUT2D eigenvalue weighted by atomic mass is 127. The molecule has 1 fully saturated rings. The minimum Gasteiger partial charge on any atom is -0.489 e. The summed E-state index contributed by atoms with van der Waals surface area (Å²) in [6, 6.07) is 8.01. The van der Waals surface area contributed by atoms with Crippen LogP contribution < -0.4 is 15.8 Å². The molecule has 0 saturated heterocycles. The van der Waals surface area contributed by atoms with E-state index >= 15 is 0 Å². The van der Waals surface area contributed by atoms with E-state index < -0.39 is 0 Å². The van der Waals surface area contributed by atoms with Gasteiger partial charge in [-0.2, -0.15) is 0 Å². The normalized spacial score (nSPS) is 16.6. The van der Waals surface area contributed by atoms with Crippen LogP contribution in [0.1, 0.15) is 31.7 Å². The zero-order valence-electron chi connectivity index (χ0n) is 12.8. The lowest BCUT2D eigenvalue weighted by Gasteiger charge is -2.25. The van der Waals surface area contributed by atoms with Crippen LogP contribution >= 0.6 is 24.0 Å². The van der Waals surface area contributed by atoms with Crippen molar-refractivity contribution in [2.75, 3.05) is 13.1 Å². The molecule has 4 nitrogen and oxygen atoms in total. The second-order valence-corrected chi connectivity index (χ2v) is 5.60. The number of rotatable bonds is 6. The molecule has 3 N–H and O–H groups in total. The average molecular weight is 403 g/mol. The van der Waals surface area contributed by atoms with E-state index in [1.807, 2.05) is 38.1 Å². The van der Waals surface area contributed by atoms with Gasteiger partial charge in [0.05, 0.1) is 6.54 Å². The van der Waals surface area contributed by atoms with Crippen molar-refractivity contribution in [3.63, 3.8) is 0 Å². The maximum atomic E-state index is 5.86. The van der Waals surface area contributed by atoms with Gasteiger partial charge in [0.1, 0.15) is 11.9 Å². The number of halogens is 1. The second kappa shape index (κ2) is 9.12. The van der Waals surface area contributed by atoms with Gasteiger partial charge in [0.25, 0.3) is 0 Å². The third kappa shape index (κ3) is 6.11. The van der Waals surface area contributed by atoms with Crippen LogP contribution in [0.4, 0.5) is 0 Å². The first-order chi connectivity index (χ1) is 9.65. The number of guanidine groups is 1. The van der Waals surface area contributed by atoms with E-state index in [1.54, 1.807) is 0 Å². The van der Waals surface area contributed by atoms with Gasteiger partial charge >= 0.3 is 0 Å². The molecule has 1 aromatic carbocycles. The Kier molecular flexibility index (Phi) is 7.85. The van der Waals surface area contributed by atoms with Gasteiger partial charge in [-0.1, -0.05) is 24.6 Å². The number of benzene rings is 1. The van der Waals surface area contributed by atoms with Crippen LogP contribution in [0.3, 0.4) is 0 Å². The molecule has 21 heavy (non-hydrogen) atoms. The monoisotopic (exact) mass is 403 g/mol. The lowest BCUT2D eigenvalue weighted by Crippen LogP contribution is -2.38. The fourth-order valence-corrected chi connectivity index (χ4v) is 2.17. The van der Waals surface area contributed by atoms with Gasteiger partial charge in [0.2, 0.25) is 0 Å². The number of hydrogen-bond acceptors (Lipinski definition) is 2. The largest absolute Gasteiger partial charge is 0.489 e. The van der Waals surface area contributed by atoms with Gasteiger partial charge in [-0.05, 0) is 44.2 Å². The van der Waals surface area contributed by atoms with Gasteiger partial charge < -0.3 is 15.8 Å². The van der Waals surface area contributed by atoms with Crippen LogP contribution in [0.2, 0.25) is 0 Å². The average Bonchev–Trinajstić information content (AvgIpc) is 2.37. The Morgan fingerprint density at radius 1 is 1.43 bits per heavy atom. The second-order valence-electron chi connectivity index (χ2n) is 5.60. The molecule has 1 unspecified atom stereocenters. The van der Waals surface area contributed by atoms with Crippen molar-refractivity contribution in [1.29, 1.82) is 0 Å². The Hall–Kier alpha value is -0.980. The summed E-state index contributed by atoms with van der Waals surface area (Å²) < 4.78 is 5.86. The van der Waals surface area contributed by atoms with E-state index in [1.165, 1.54) is 19.3 Å². The molecule has 1 aromatic rings. The summed E-state index contributed by atoms with van der Waals surface area (Å²) in [6.07, 6.45) is 3.99. The van der Waals surface area contributed by atoms with Gasteiger partial charge in [-0.25, -0.2) is 4.99 Å². The van der Waals surface area contributed by atoms with Gasteiger partial charge in [0, 0.05) is 6.54 Å². The highest BCUT2D eigenvalue weighted by Crippen LogP contribution is 2.25. The molecule has 1 aliphatic carbocycles. The topological polar surface area (TPSA) is 59.6 Å². The van der Waals surface area contributed by atoms with E-state index in [9.17, 15) is 0 Å². The van der Waals surface area contributed by atoms with Crippen LogP contribution in [-0.2, 0) is 0 Å². The highest BCUT2D eigenvalue weighted by molar-refractivity contribution is 14.0. The number of aliphatic imine (C=N–C) groups is 1. The standard InChI is InChI=1S/C16H25N3O.HI/c1-12-6-3-4-9-15(12)20-13(2)10-18-16(17)19-11-14-7-5-8-14;/h3-4,6,9,13-14H,5,7-8,10-11H2,1-2H3,(H3,17,18,19);1H. The number of para-hydroxylation sites is 1. The quantitative estimate of drug-likeness (QED) is 0.436. The van der Waals surface area contributed by atoms with Crippen molar-refractivity contribution in [2.24, 2.45) is 16.6 Å². The van der Waals surface area contributed by atoms with Crippen LogP contribution in [0.15, 0.2) is 29.3 Å². The van der Waals surface area contributed by atoms with E-state index in [0.29, 0.717) is 12.5 Å². The fraction of sp³-hybridized carbons (Fsp3) is 0.562. The summed E-state index contributed by atoms with van der Waals surface area (Å²) in [5, 5.41) is 3.19. The molecule has 1 atom stereocenters. The van der Waals surface area contributed by atoms with Gasteiger partial charge in [-0.3, -0.25) is 0 Å². The van der Waals surface area contributed by atoms with E-state index in [0.717, 1.165) is 23.8 Å². The fourth-order valence-electron chi connectivity index (χ4n) is 2.17. The highest BCUT2D eigenvalue weighted by Gasteiger charge is 2.16. The Balaban J connectivity index is 0.00000220. The Labute approximate surface area is 144 Å². The van der Waals surface area contributed by atoms with E-state index in [4.69, 9.17) is 10.5 Å². The molecule has 0 spiro atoms. The molecule has 0 radical (unpaired) electrons. The van der Waals surface area contributed by atoms with Crippen LogP contribution in [0.25, 0.3) is 0 Å². The predicted octanol–water partition coefficient (Wildman–Crippen LogP) is 3.08. The summed E-state index contributed by atoms with van der Waals surface area (Å²) in [5.74, 6) is 2.22. The van der Waals surface area contributed by atoms with Crippen molar-refractivity contribution in [2.45, 2.75) is 39.2 Å². The molecular formula is C16H26IN3O. The van der Waals surface area contributed by atoms with Gasteiger partial charge in [0.15, 0.2) is 5.96 Å². The van der Waals surface area contributed by atoms with Gasteiger partial charge in [-0.15, -0.1) is 24.0 Å². The Morgan fingerprint density at radius 2 is 2.14 bits per heavy atom. The van der Waals surface area contributed by atoms with Crippen molar-refractivity contribution in [3.8, 4) is 5.75 Å². The van der Waals surface area contributed by atoms with E-state index in [2.05, 4.69) is 10.3 Å². The minimum absolute atomic E-state index is 0. The van der Waals surface area contributed by atoms with Crippen molar-refractivity contribution >= 4 is 29.9 Å². The first-order valence-electron chi connectivity index (χ1n) is 7.41. The molecule has 0 heterocycles. The SMILES string of the molecule is Cc1ccccc1OC(C)CN=C(N)NCC1CCC1.I. The third-order valence-electron chi connectivity index (χ3n) is 3.74. The Bertz CT molecular complexity index is 461. The number of ether oxygens (including phenoxy) is 1. The maximum Gasteiger partial charge on any atom is 0.188 e. The first-order valence-corrected chi connectivity index (χ1v) is 7.41. The molecule has 0 aliphatic heterocycles. The van der Waals surface area contributed by atoms with Crippen LogP contribution in [0, 0.1) is 12.8 Å². The number of nitrogens with zero attached hydrogens (tertiary/aromatic N) is 1. The Morgan fingerprint density at radius 3 is 2.76 bits per heavy atom. The summed E-state index contributed by atoms with van der Waals surface area (Å²) in [4.78, 5) is 4.34. The minimum atomic E-state index is 0. The molecule has 0 amide bonds. The van der Waals surface area contributed by atoms with Crippen LogP contribution in [-0.4, -0.2) is 25.2 Å². The summed E-state index contributed by atoms with van der Waals surface area (Å²) in [7, 11) is 0. The lowest BCUT2D eigenvalue weighted by molar-refractivity contribution is 0.228. The summed E-state index contributed by atoms with van der Waals surface area (Å²) >= 11 is 0. The molecule has 5 heteroatoms. The summed E-state index contributed by atoms with van der Waals surface area (Å²) in [6.45, 7) is 5.56. The number of aryl methyl sites for hydroxylation is 1. The van der Waals surface area contributed by atoms with Crippen molar-refractivity contribution in [3.05, 3.63) is 29.8 Å². The number of hydrogen-bond donors (Lipinski definition) is 2. The van der Waals surface area contributed by atoms with Crippen molar-refractivity contribution < 1.29 is 4.74 Å². The zero-order valence-corrected chi connectivity index (χ0v) is 15.2. The molecular weight excluding hydrogens is 377 g/mol. The molecule has 1 aliphatic rings. The molecule has 0 aromatic heterocycles. The number of nitrogens with two attached hydrogens (primary N) is 1. The maximum absolute atomic E-state index is 5.86. The molecule has 118 valence electrons. The molecule has 1 saturated carbocycles. The zero-order chi connectivity index (χ0) is 14.4. The predicted molar refractivity (Wildman–Crippen MR) is 98.5 cm³/mol.